The third kappa shape index (κ3) is 2.17. The average molecular weight is 299 g/mol. The first-order valence-electron chi connectivity index (χ1n) is 5.97. The van der Waals surface area contributed by atoms with Gasteiger partial charge in [-0.15, -0.1) is 11.6 Å². The van der Waals surface area contributed by atoms with Crippen LogP contribution in [0, 0.1) is 11.8 Å². The summed E-state index contributed by atoms with van der Waals surface area (Å²) in [4.78, 5) is 11.5. The number of fused-ring (bicyclic) bond motifs is 1. The SMILES string of the molecule is CC(C)(Cl)C1CCC2(C)NC(=O)C(Cl)(Cl)C2C1. The Morgan fingerprint density at radius 2 is 2.00 bits per heavy atom. The molecule has 0 aromatic heterocycles. The third-order valence-corrected chi connectivity index (χ3v) is 5.59. The van der Waals surface area contributed by atoms with Crippen molar-refractivity contribution in [3.05, 3.63) is 0 Å². The Kier molecular flexibility index (Phi) is 3.17. The molecule has 2 rings (SSSR count). The summed E-state index contributed by atoms with van der Waals surface area (Å²) in [7, 11) is 0. The van der Waals surface area contributed by atoms with Gasteiger partial charge in [-0.3, -0.25) is 4.79 Å². The van der Waals surface area contributed by atoms with Gasteiger partial charge in [0.1, 0.15) is 0 Å². The summed E-state index contributed by atoms with van der Waals surface area (Å²) in [6, 6.07) is 0. The highest BCUT2D eigenvalue weighted by molar-refractivity contribution is 6.59. The molecule has 0 aromatic carbocycles. The van der Waals surface area contributed by atoms with Crippen LogP contribution in [0.3, 0.4) is 0 Å². The summed E-state index contributed by atoms with van der Waals surface area (Å²) >= 11 is 18.8. The fourth-order valence-corrected chi connectivity index (χ4v) is 4.09. The fourth-order valence-electron chi connectivity index (χ4n) is 3.13. The normalized spacial score (nSPS) is 40.9. The molecule has 1 N–H and O–H groups in total. The van der Waals surface area contributed by atoms with Crippen LogP contribution in [0.4, 0.5) is 0 Å². The fraction of sp³-hybridized carbons (Fsp3) is 0.917. The molecule has 0 spiro atoms. The molecule has 17 heavy (non-hydrogen) atoms. The summed E-state index contributed by atoms with van der Waals surface area (Å²) in [6.45, 7) is 6.05. The number of rotatable bonds is 1. The van der Waals surface area contributed by atoms with Crippen molar-refractivity contribution < 1.29 is 4.79 Å². The summed E-state index contributed by atoms with van der Waals surface area (Å²) in [5.41, 5.74) is -0.279. The van der Waals surface area contributed by atoms with E-state index in [0.29, 0.717) is 5.92 Å². The van der Waals surface area contributed by atoms with Gasteiger partial charge in [0.05, 0.1) is 0 Å². The Balaban J connectivity index is 2.26. The number of alkyl halides is 3. The zero-order valence-corrected chi connectivity index (χ0v) is 12.6. The first-order valence-corrected chi connectivity index (χ1v) is 7.10. The van der Waals surface area contributed by atoms with Gasteiger partial charge < -0.3 is 5.32 Å². The Labute approximate surface area is 117 Å². The summed E-state index contributed by atoms with van der Waals surface area (Å²) in [6.07, 6.45) is 2.66. The lowest BCUT2D eigenvalue weighted by atomic mass is 9.67. The molecule has 5 heteroatoms. The van der Waals surface area contributed by atoms with Crippen molar-refractivity contribution in [2.45, 2.75) is 54.8 Å². The van der Waals surface area contributed by atoms with Crippen molar-refractivity contribution in [2.75, 3.05) is 0 Å². The van der Waals surface area contributed by atoms with Crippen LogP contribution in [0.5, 0.6) is 0 Å². The lowest BCUT2D eigenvalue weighted by Crippen LogP contribution is -2.49. The van der Waals surface area contributed by atoms with Crippen molar-refractivity contribution in [3.8, 4) is 0 Å². The monoisotopic (exact) mass is 297 g/mol. The van der Waals surface area contributed by atoms with Gasteiger partial charge in [-0.25, -0.2) is 0 Å². The standard InChI is InChI=1S/C12H18Cl3NO/c1-10(2,13)7-4-5-11(3)8(6-7)12(14,15)9(17)16-11/h7-8H,4-6H2,1-3H3,(H,16,17). The van der Waals surface area contributed by atoms with Crippen molar-refractivity contribution in [1.29, 1.82) is 0 Å². The molecular weight excluding hydrogens is 280 g/mol. The maximum atomic E-state index is 11.8. The van der Waals surface area contributed by atoms with E-state index in [1.165, 1.54) is 0 Å². The highest BCUT2D eigenvalue weighted by atomic mass is 35.5. The van der Waals surface area contributed by atoms with Crippen LogP contribution in [0.2, 0.25) is 0 Å². The van der Waals surface area contributed by atoms with E-state index in [-0.39, 0.29) is 22.2 Å². The number of hydrogen-bond donors (Lipinski definition) is 1. The van der Waals surface area contributed by atoms with Crippen LogP contribution in [0.25, 0.3) is 0 Å². The molecule has 98 valence electrons. The maximum absolute atomic E-state index is 11.8. The van der Waals surface area contributed by atoms with E-state index in [2.05, 4.69) is 5.32 Å². The molecule has 1 aliphatic carbocycles. The number of carbonyl (C=O) groups is 1. The molecule has 2 nitrogen and oxygen atoms in total. The minimum absolute atomic E-state index is 0.0670. The predicted octanol–water partition coefficient (Wildman–Crippen LogP) is 3.48. The Hall–Kier alpha value is 0.340. The number of halogens is 3. The molecular formula is C12H18Cl3NO. The van der Waals surface area contributed by atoms with Gasteiger partial charge in [0.15, 0.2) is 0 Å². The van der Waals surface area contributed by atoms with Gasteiger partial charge >= 0.3 is 0 Å². The highest BCUT2D eigenvalue weighted by Crippen LogP contribution is 2.54. The molecule has 1 amide bonds. The maximum Gasteiger partial charge on any atom is 0.257 e. The minimum atomic E-state index is -1.31. The lowest BCUT2D eigenvalue weighted by Gasteiger charge is -2.44. The van der Waals surface area contributed by atoms with Gasteiger partial charge in [-0.05, 0) is 46.0 Å². The molecule has 2 fully saturated rings. The van der Waals surface area contributed by atoms with E-state index in [0.717, 1.165) is 19.3 Å². The molecule has 3 unspecified atom stereocenters. The number of carbonyl (C=O) groups excluding carboxylic acids is 1. The molecule has 1 heterocycles. The minimum Gasteiger partial charge on any atom is -0.348 e. The molecule has 1 aliphatic heterocycles. The predicted molar refractivity (Wildman–Crippen MR) is 71.7 cm³/mol. The number of nitrogens with one attached hydrogen (secondary N) is 1. The second-order valence-electron chi connectivity index (χ2n) is 6.08. The molecule has 1 saturated heterocycles. The summed E-state index contributed by atoms with van der Waals surface area (Å²) in [5.74, 6) is 0.00999. The number of amides is 1. The van der Waals surface area contributed by atoms with Crippen molar-refractivity contribution >= 4 is 40.7 Å². The van der Waals surface area contributed by atoms with Crippen LogP contribution >= 0.6 is 34.8 Å². The van der Waals surface area contributed by atoms with Gasteiger partial charge in [0, 0.05) is 16.3 Å². The van der Waals surface area contributed by atoms with Gasteiger partial charge in [-0.1, -0.05) is 23.2 Å². The molecule has 0 aromatic rings. The van der Waals surface area contributed by atoms with Gasteiger partial charge in [-0.2, -0.15) is 0 Å². The van der Waals surface area contributed by atoms with Gasteiger partial charge in [0.2, 0.25) is 4.33 Å². The van der Waals surface area contributed by atoms with Crippen molar-refractivity contribution in [3.63, 3.8) is 0 Å². The Morgan fingerprint density at radius 1 is 1.41 bits per heavy atom. The van der Waals surface area contributed by atoms with E-state index in [9.17, 15) is 4.79 Å². The Morgan fingerprint density at radius 3 is 2.53 bits per heavy atom. The smallest absolute Gasteiger partial charge is 0.257 e. The van der Waals surface area contributed by atoms with Crippen molar-refractivity contribution in [2.24, 2.45) is 11.8 Å². The van der Waals surface area contributed by atoms with Crippen LogP contribution in [-0.2, 0) is 4.79 Å². The highest BCUT2D eigenvalue weighted by Gasteiger charge is 2.61. The van der Waals surface area contributed by atoms with E-state index < -0.39 is 4.33 Å². The second-order valence-corrected chi connectivity index (χ2v) is 8.44. The van der Waals surface area contributed by atoms with Crippen molar-refractivity contribution in [1.82, 2.24) is 5.32 Å². The van der Waals surface area contributed by atoms with E-state index >= 15 is 0 Å². The average Bonchev–Trinajstić information content (AvgIpc) is 2.31. The van der Waals surface area contributed by atoms with E-state index in [4.69, 9.17) is 34.8 Å². The summed E-state index contributed by atoms with van der Waals surface area (Å²) in [5, 5.41) is 2.95. The van der Waals surface area contributed by atoms with Crippen LogP contribution in [0.15, 0.2) is 0 Å². The van der Waals surface area contributed by atoms with Crippen LogP contribution in [-0.4, -0.2) is 20.7 Å². The topological polar surface area (TPSA) is 29.1 Å². The van der Waals surface area contributed by atoms with Gasteiger partial charge in [0.25, 0.3) is 5.91 Å². The molecule has 0 radical (unpaired) electrons. The second kappa shape index (κ2) is 3.91. The molecule has 2 aliphatic rings. The van der Waals surface area contributed by atoms with Crippen LogP contribution in [0.1, 0.15) is 40.0 Å². The lowest BCUT2D eigenvalue weighted by molar-refractivity contribution is -0.120. The molecule has 0 bridgehead atoms. The molecule has 3 atom stereocenters. The summed E-state index contributed by atoms with van der Waals surface area (Å²) < 4.78 is -1.31. The first-order chi connectivity index (χ1) is 7.57. The Bertz CT molecular complexity index is 350. The third-order valence-electron chi connectivity index (χ3n) is 4.41. The van der Waals surface area contributed by atoms with E-state index in [1.54, 1.807) is 0 Å². The largest absolute Gasteiger partial charge is 0.348 e. The quantitative estimate of drug-likeness (QED) is 0.738. The zero-order valence-electron chi connectivity index (χ0n) is 10.3. The number of hydrogen-bond acceptors (Lipinski definition) is 1. The van der Waals surface area contributed by atoms with Crippen LogP contribution < -0.4 is 5.32 Å². The van der Waals surface area contributed by atoms with E-state index in [1.807, 2.05) is 20.8 Å². The first kappa shape index (κ1) is 13.8. The molecule has 1 saturated carbocycles. The zero-order chi connectivity index (χ0) is 13.1.